The van der Waals surface area contributed by atoms with E-state index in [1.54, 1.807) is 0 Å². The number of aliphatic hydroxyl groups excluding tert-OH is 1. The first-order valence-corrected chi connectivity index (χ1v) is 12.9. The molecular weight excluding hydrogens is 412 g/mol. The molecule has 4 N–H and O–H groups in total. The van der Waals surface area contributed by atoms with Crippen molar-refractivity contribution in [3.8, 4) is 11.3 Å². The first-order chi connectivity index (χ1) is 16.1. The average molecular weight is 453 g/mol. The number of aliphatic hydroxyl groups is 1. The zero-order chi connectivity index (χ0) is 23.0. The van der Waals surface area contributed by atoms with Crippen LogP contribution in [0.2, 0.25) is 0 Å². The third-order valence-corrected chi connectivity index (χ3v) is 6.97. The summed E-state index contributed by atoms with van der Waals surface area (Å²) in [5.74, 6) is 1.47. The number of hydrogen-bond acceptors (Lipinski definition) is 7. The molecule has 0 spiro atoms. The molecule has 7 heteroatoms. The van der Waals surface area contributed by atoms with Gasteiger partial charge in [0, 0.05) is 37.1 Å². The minimum atomic E-state index is -0.174. The number of hydrogen-bond donors (Lipinski definition) is 4. The van der Waals surface area contributed by atoms with Crippen LogP contribution in [0.25, 0.3) is 11.3 Å². The highest BCUT2D eigenvalue weighted by atomic mass is 16.3. The Morgan fingerprint density at radius 1 is 1.00 bits per heavy atom. The molecule has 2 heterocycles. The molecule has 4 rings (SSSR count). The van der Waals surface area contributed by atoms with Crippen molar-refractivity contribution >= 4 is 11.8 Å². The summed E-state index contributed by atoms with van der Waals surface area (Å²) < 4.78 is 0. The molecule has 2 saturated carbocycles. The summed E-state index contributed by atoms with van der Waals surface area (Å²) in [5, 5.41) is 20.6. The Balaban J connectivity index is 1.49. The second-order valence-electron chi connectivity index (χ2n) is 9.85. The second kappa shape index (κ2) is 11.7. The van der Waals surface area contributed by atoms with Crippen LogP contribution in [0.5, 0.6) is 0 Å². The van der Waals surface area contributed by atoms with Crippen LogP contribution in [0.4, 0.5) is 11.8 Å². The van der Waals surface area contributed by atoms with Crippen LogP contribution < -0.4 is 16.0 Å². The third kappa shape index (κ3) is 6.87. The molecule has 2 fully saturated rings. The lowest BCUT2D eigenvalue weighted by Crippen LogP contribution is -2.29. The Kier molecular flexibility index (Phi) is 8.51. The number of rotatable bonds is 10. The molecule has 7 nitrogen and oxygen atoms in total. The van der Waals surface area contributed by atoms with Crippen molar-refractivity contribution in [2.45, 2.75) is 109 Å². The van der Waals surface area contributed by atoms with Crippen LogP contribution in [0.3, 0.4) is 0 Å². The maximum absolute atomic E-state index is 9.88. The summed E-state index contributed by atoms with van der Waals surface area (Å²) >= 11 is 0. The summed E-state index contributed by atoms with van der Waals surface area (Å²) in [4.78, 5) is 14.2. The molecule has 2 aliphatic carbocycles. The third-order valence-electron chi connectivity index (χ3n) is 6.97. The van der Waals surface area contributed by atoms with E-state index in [9.17, 15) is 5.11 Å². The summed E-state index contributed by atoms with van der Waals surface area (Å²) in [5.41, 5.74) is 3.00. The minimum absolute atomic E-state index is 0.174. The molecule has 2 aliphatic rings. The fraction of sp³-hybridized carbons (Fsp3) is 0.654. The van der Waals surface area contributed by atoms with Crippen molar-refractivity contribution in [3.05, 3.63) is 30.1 Å². The molecular formula is C26H40N6O. The first-order valence-electron chi connectivity index (χ1n) is 12.9. The Morgan fingerprint density at radius 3 is 2.48 bits per heavy atom. The highest BCUT2D eigenvalue weighted by Crippen LogP contribution is 2.29. The van der Waals surface area contributed by atoms with E-state index in [0.717, 1.165) is 62.1 Å². The Labute approximate surface area is 198 Å². The monoisotopic (exact) mass is 452 g/mol. The molecule has 0 unspecified atom stereocenters. The topological polar surface area (TPSA) is 95.0 Å². The van der Waals surface area contributed by atoms with E-state index in [-0.39, 0.29) is 6.10 Å². The summed E-state index contributed by atoms with van der Waals surface area (Å²) in [7, 11) is 0. The molecule has 180 valence electrons. The van der Waals surface area contributed by atoms with Crippen LogP contribution in [0.1, 0.15) is 83.6 Å². The summed E-state index contributed by atoms with van der Waals surface area (Å²) in [6, 6.07) is 5.51. The van der Waals surface area contributed by atoms with Crippen molar-refractivity contribution in [1.29, 1.82) is 0 Å². The SMILES string of the molecule is CCC[C@H](C)Nc1ncc(-c2ccc(CNC3CCCC3)cn2)c(NC2CCC(O)CC2)n1. The fourth-order valence-corrected chi connectivity index (χ4v) is 4.97. The van der Waals surface area contributed by atoms with Crippen molar-refractivity contribution < 1.29 is 5.11 Å². The van der Waals surface area contributed by atoms with Crippen LogP contribution in [-0.4, -0.2) is 44.3 Å². The van der Waals surface area contributed by atoms with Crippen molar-refractivity contribution in [2.24, 2.45) is 0 Å². The van der Waals surface area contributed by atoms with Gasteiger partial charge in [0.25, 0.3) is 0 Å². The quantitative estimate of drug-likeness (QED) is 0.408. The lowest BCUT2D eigenvalue weighted by Gasteiger charge is -2.27. The lowest BCUT2D eigenvalue weighted by atomic mass is 9.93. The van der Waals surface area contributed by atoms with Gasteiger partial charge in [-0.3, -0.25) is 4.98 Å². The number of nitrogens with one attached hydrogen (secondary N) is 3. The molecule has 0 amide bonds. The standard InChI is InChI=1S/C26H40N6O/c1-3-6-18(2)30-26-29-17-23(25(32-26)31-21-10-12-22(33)13-11-21)24-14-9-19(16-28-24)15-27-20-7-4-5-8-20/h9,14,16-18,20-22,27,33H,3-8,10-13,15H2,1-2H3,(H2,29,30,31,32)/t18-,21?,22?/m0/s1. The zero-order valence-electron chi connectivity index (χ0n) is 20.2. The Morgan fingerprint density at radius 2 is 1.79 bits per heavy atom. The van der Waals surface area contributed by atoms with Crippen LogP contribution in [-0.2, 0) is 6.54 Å². The molecule has 2 aromatic rings. The van der Waals surface area contributed by atoms with Crippen LogP contribution in [0, 0.1) is 0 Å². The van der Waals surface area contributed by atoms with Crippen molar-refractivity contribution in [3.63, 3.8) is 0 Å². The second-order valence-corrected chi connectivity index (χ2v) is 9.85. The predicted octanol–water partition coefficient (Wildman–Crippen LogP) is 4.89. The van der Waals surface area contributed by atoms with Gasteiger partial charge in [-0.05, 0) is 63.5 Å². The van der Waals surface area contributed by atoms with E-state index in [0.29, 0.717) is 24.1 Å². The zero-order valence-corrected chi connectivity index (χ0v) is 20.2. The number of aromatic nitrogens is 3. The summed E-state index contributed by atoms with van der Waals surface area (Å²) in [6.45, 7) is 5.21. The Bertz CT molecular complexity index is 860. The number of nitrogens with zero attached hydrogens (tertiary/aromatic N) is 3. The molecule has 0 bridgehead atoms. The van der Waals surface area contributed by atoms with Gasteiger partial charge in [-0.15, -0.1) is 0 Å². The lowest BCUT2D eigenvalue weighted by molar-refractivity contribution is 0.126. The average Bonchev–Trinajstić information content (AvgIpc) is 3.34. The van der Waals surface area contributed by atoms with Crippen LogP contribution >= 0.6 is 0 Å². The largest absolute Gasteiger partial charge is 0.393 e. The molecule has 0 radical (unpaired) electrons. The minimum Gasteiger partial charge on any atom is -0.393 e. The van der Waals surface area contributed by atoms with Gasteiger partial charge < -0.3 is 21.1 Å². The Hall–Kier alpha value is -2.25. The van der Waals surface area contributed by atoms with E-state index in [1.165, 1.54) is 31.2 Å². The van der Waals surface area contributed by atoms with E-state index < -0.39 is 0 Å². The van der Waals surface area contributed by atoms with Crippen LogP contribution in [0.15, 0.2) is 24.5 Å². The van der Waals surface area contributed by atoms with E-state index in [2.05, 4.69) is 46.9 Å². The number of anilines is 2. The molecule has 0 saturated heterocycles. The maximum atomic E-state index is 9.88. The molecule has 2 aromatic heterocycles. The molecule has 1 atom stereocenters. The van der Waals surface area contributed by atoms with Gasteiger partial charge in [0.15, 0.2) is 0 Å². The van der Waals surface area contributed by atoms with E-state index >= 15 is 0 Å². The van der Waals surface area contributed by atoms with Gasteiger partial charge in [-0.1, -0.05) is 32.3 Å². The molecule has 33 heavy (non-hydrogen) atoms. The van der Waals surface area contributed by atoms with Gasteiger partial charge in [-0.2, -0.15) is 4.98 Å². The maximum Gasteiger partial charge on any atom is 0.224 e. The fourth-order valence-electron chi connectivity index (χ4n) is 4.97. The van der Waals surface area contributed by atoms with Gasteiger partial charge in [-0.25, -0.2) is 4.98 Å². The number of pyridine rings is 1. The first kappa shape index (κ1) is 23.9. The van der Waals surface area contributed by atoms with Crippen molar-refractivity contribution in [2.75, 3.05) is 10.6 Å². The van der Waals surface area contributed by atoms with Gasteiger partial charge in [0.05, 0.1) is 17.4 Å². The molecule has 0 aromatic carbocycles. The van der Waals surface area contributed by atoms with Gasteiger partial charge in [0.1, 0.15) is 5.82 Å². The highest BCUT2D eigenvalue weighted by Gasteiger charge is 2.22. The van der Waals surface area contributed by atoms with Crippen molar-refractivity contribution in [1.82, 2.24) is 20.3 Å². The predicted molar refractivity (Wildman–Crippen MR) is 134 cm³/mol. The van der Waals surface area contributed by atoms with Gasteiger partial charge in [0.2, 0.25) is 5.95 Å². The van der Waals surface area contributed by atoms with E-state index in [1.807, 2.05) is 12.4 Å². The summed E-state index contributed by atoms with van der Waals surface area (Å²) in [6.07, 6.45) is 14.7. The van der Waals surface area contributed by atoms with E-state index in [4.69, 9.17) is 9.97 Å². The normalized spacial score (nSPS) is 22.3. The van der Waals surface area contributed by atoms with Gasteiger partial charge >= 0.3 is 0 Å². The highest BCUT2D eigenvalue weighted by molar-refractivity contribution is 5.73. The smallest absolute Gasteiger partial charge is 0.224 e. The molecule has 0 aliphatic heterocycles.